The van der Waals surface area contributed by atoms with Crippen LogP contribution < -0.4 is 0 Å². The molecule has 0 fully saturated rings. The first-order valence-electron chi connectivity index (χ1n) is 5.47. The standard InChI is InChI=1S/C13H15FO4/c1-7(12(15)16)4-9-5-10(13(17)18-3)8(2)11(14)6-9/h5-7H,4H2,1-3H3,(H,15,16). The van der Waals surface area contributed by atoms with E-state index in [0.29, 0.717) is 5.56 Å². The molecule has 1 atom stereocenters. The Labute approximate surface area is 104 Å². The predicted molar refractivity (Wildman–Crippen MR) is 63.0 cm³/mol. The number of esters is 1. The predicted octanol–water partition coefficient (Wildman–Crippen LogP) is 2.18. The van der Waals surface area contributed by atoms with Gasteiger partial charge in [0.15, 0.2) is 0 Å². The van der Waals surface area contributed by atoms with Crippen molar-refractivity contribution in [3.05, 3.63) is 34.6 Å². The summed E-state index contributed by atoms with van der Waals surface area (Å²) in [6, 6.07) is 2.73. The zero-order valence-electron chi connectivity index (χ0n) is 10.5. The van der Waals surface area contributed by atoms with Crippen molar-refractivity contribution in [2.24, 2.45) is 5.92 Å². The molecule has 0 heterocycles. The zero-order valence-corrected chi connectivity index (χ0v) is 10.5. The number of rotatable bonds is 4. The van der Waals surface area contributed by atoms with Gasteiger partial charge in [-0.15, -0.1) is 0 Å². The fraction of sp³-hybridized carbons (Fsp3) is 0.385. The van der Waals surface area contributed by atoms with Crippen LogP contribution in [0.15, 0.2) is 12.1 Å². The van der Waals surface area contributed by atoms with Gasteiger partial charge in [0, 0.05) is 0 Å². The van der Waals surface area contributed by atoms with Crippen molar-refractivity contribution in [2.75, 3.05) is 7.11 Å². The summed E-state index contributed by atoms with van der Waals surface area (Å²) in [6.45, 7) is 3.00. The maximum atomic E-state index is 13.6. The first-order valence-corrected chi connectivity index (χ1v) is 5.47. The largest absolute Gasteiger partial charge is 0.481 e. The molecule has 0 bridgehead atoms. The molecular weight excluding hydrogens is 239 g/mol. The molecule has 0 amide bonds. The normalized spacial score (nSPS) is 12.0. The SMILES string of the molecule is COC(=O)c1cc(CC(C)C(=O)O)cc(F)c1C. The number of carbonyl (C=O) groups excluding carboxylic acids is 1. The highest BCUT2D eigenvalue weighted by Crippen LogP contribution is 2.19. The highest BCUT2D eigenvalue weighted by molar-refractivity contribution is 5.91. The number of carboxylic acids is 1. The van der Waals surface area contributed by atoms with Crippen LogP contribution in [0.1, 0.15) is 28.4 Å². The van der Waals surface area contributed by atoms with E-state index < -0.39 is 23.7 Å². The first kappa shape index (κ1) is 14.2. The van der Waals surface area contributed by atoms with Crippen molar-refractivity contribution in [2.45, 2.75) is 20.3 Å². The number of carbonyl (C=O) groups is 2. The molecule has 1 aromatic carbocycles. The molecule has 0 aliphatic carbocycles. The summed E-state index contributed by atoms with van der Waals surface area (Å²) in [5, 5.41) is 8.81. The summed E-state index contributed by atoms with van der Waals surface area (Å²) in [6.07, 6.45) is 0.163. The van der Waals surface area contributed by atoms with Gasteiger partial charge in [0.05, 0.1) is 18.6 Å². The summed E-state index contributed by atoms with van der Waals surface area (Å²) in [5.41, 5.74) is 0.798. The van der Waals surface area contributed by atoms with Crippen molar-refractivity contribution < 1.29 is 23.8 Å². The Morgan fingerprint density at radius 2 is 2.06 bits per heavy atom. The Hall–Kier alpha value is -1.91. The third-order valence-corrected chi connectivity index (χ3v) is 2.77. The Morgan fingerprint density at radius 3 is 2.56 bits per heavy atom. The second-order valence-electron chi connectivity index (χ2n) is 4.19. The van der Waals surface area contributed by atoms with E-state index in [4.69, 9.17) is 5.11 Å². The number of halogens is 1. The molecule has 18 heavy (non-hydrogen) atoms. The summed E-state index contributed by atoms with van der Waals surface area (Å²) in [4.78, 5) is 22.2. The van der Waals surface area contributed by atoms with Gasteiger partial charge >= 0.3 is 11.9 Å². The third-order valence-electron chi connectivity index (χ3n) is 2.77. The molecule has 1 unspecified atom stereocenters. The molecule has 98 valence electrons. The molecule has 4 nitrogen and oxygen atoms in total. The molecule has 0 saturated heterocycles. The van der Waals surface area contributed by atoms with Crippen molar-refractivity contribution >= 4 is 11.9 Å². The van der Waals surface area contributed by atoms with Crippen LogP contribution in [0.3, 0.4) is 0 Å². The molecule has 0 aromatic heterocycles. The topological polar surface area (TPSA) is 63.6 Å². The third kappa shape index (κ3) is 3.06. The highest BCUT2D eigenvalue weighted by atomic mass is 19.1. The van der Waals surface area contributed by atoms with E-state index in [9.17, 15) is 14.0 Å². The van der Waals surface area contributed by atoms with E-state index in [2.05, 4.69) is 4.74 Å². The molecule has 5 heteroatoms. The molecule has 0 aliphatic rings. The van der Waals surface area contributed by atoms with Gasteiger partial charge in [-0.1, -0.05) is 6.92 Å². The van der Waals surface area contributed by atoms with Gasteiger partial charge in [-0.25, -0.2) is 9.18 Å². The van der Waals surface area contributed by atoms with E-state index in [-0.39, 0.29) is 17.5 Å². The Morgan fingerprint density at radius 1 is 1.44 bits per heavy atom. The van der Waals surface area contributed by atoms with Crippen LogP contribution in [0.5, 0.6) is 0 Å². The molecular formula is C13H15FO4. The second-order valence-corrected chi connectivity index (χ2v) is 4.19. The van der Waals surface area contributed by atoms with Gasteiger partial charge in [-0.05, 0) is 36.6 Å². The van der Waals surface area contributed by atoms with Crippen LogP contribution in [-0.2, 0) is 16.0 Å². The maximum Gasteiger partial charge on any atom is 0.338 e. The number of aliphatic carboxylic acids is 1. The van der Waals surface area contributed by atoms with Crippen molar-refractivity contribution in [1.82, 2.24) is 0 Å². The smallest absolute Gasteiger partial charge is 0.338 e. The second kappa shape index (κ2) is 5.62. The first-order chi connectivity index (χ1) is 8.36. The molecule has 1 N–H and O–H groups in total. The van der Waals surface area contributed by atoms with E-state index in [1.807, 2.05) is 0 Å². The minimum atomic E-state index is -0.962. The molecule has 1 aromatic rings. The monoisotopic (exact) mass is 254 g/mol. The lowest BCUT2D eigenvalue weighted by atomic mass is 9.97. The van der Waals surface area contributed by atoms with E-state index in [0.717, 1.165) is 0 Å². The Bertz CT molecular complexity index is 482. The quantitative estimate of drug-likeness (QED) is 0.836. The molecule has 1 rings (SSSR count). The van der Waals surface area contributed by atoms with Gasteiger partial charge < -0.3 is 9.84 Å². The number of ether oxygens (including phenoxy) is 1. The number of benzene rings is 1. The van der Waals surface area contributed by atoms with E-state index in [1.165, 1.54) is 33.1 Å². The Balaban J connectivity index is 3.12. The summed E-state index contributed by atoms with van der Waals surface area (Å²) >= 11 is 0. The van der Waals surface area contributed by atoms with Crippen LogP contribution in [0.4, 0.5) is 4.39 Å². The van der Waals surface area contributed by atoms with Crippen LogP contribution in [0, 0.1) is 18.7 Å². The summed E-state index contributed by atoms with van der Waals surface area (Å²) < 4.78 is 18.2. The van der Waals surface area contributed by atoms with E-state index in [1.54, 1.807) is 0 Å². The lowest BCUT2D eigenvalue weighted by Gasteiger charge is -2.10. The number of hydrogen-bond donors (Lipinski definition) is 1. The molecule has 0 radical (unpaired) electrons. The average molecular weight is 254 g/mol. The van der Waals surface area contributed by atoms with Crippen LogP contribution in [-0.4, -0.2) is 24.2 Å². The van der Waals surface area contributed by atoms with Gasteiger partial charge in [0.2, 0.25) is 0 Å². The average Bonchev–Trinajstić information content (AvgIpc) is 2.32. The number of methoxy groups -OCH3 is 1. The van der Waals surface area contributed by atoms with Crippen LogP contribution in [0.25, 0.3) is 0 Å². The highest BCUT2D eigenvalue weighted by Gasteiger charge is 2.17. The fourth-order valence-corrected chi connectivity index (χ4v) is 1.62. The minimum Gasteiger partial charge on any atom is -0.481 e. The molecule has 0 aliphatic heterocycles. The summed E-state index contributed by atoms with van der Waals surface area (Å²) in [7, 11) is 1.21. The molecule has 0 saturated carbocycles. The maximum absolute atomic E-state index is 13.6. The van der Waals surface area contributed by atoms with Crippen LogP contribution in [0.2, 0.25) is 0 Å². The van der Waals surface area contributed by atoms with Crippen molar-refractivity contribution in [3.63, 3.8) is 0 Å². The minimum absolute atomic E-state index is 0.130. The lowest BCUT2D eigenvalue weighted by Crippen LogP contribution is -2.14. The van der Waals surface area contributed by atoms with Gasteiger partial charge in [0.25, 0.3) is 0 Å². The Kier molecular flexibility index (Phi) is 4.42. The zero-order chi connectivity index (χ0) is 13.9. The number of hydrogen-bond acceptors (Lipinski definition) is 3. The van der Waals surface area contributed by atoms with Crippen molar-refractivity contribution in [1.29, 1.82) is 0 Å². The van der Waals surface area contributed by atoms with Gasteiger partial charge in [-0.2, -0.15) is 0 Å². The lowest BCUT2D eigenvalue weighted by molar-refractivity contribution is -0.141. The van der Waals surface area contributed by atoms with Crippen molar-refractivity contribution in [3.8, 4) is 0 Å². The fourth-order valence-electron chi connectivity index (χ4n) is 1.62. The van der Waals surface area contributed by atoms with E-state index >= 15 is 0 Å². The van der Waals surface area contributed by atoms with Gasteiger partial charge in [-0.3, -0.25) is 4.79 Å². The number of carboxylic acid groups (broad SMARTS) is 1. The van der Waals surface area contributed by atoms with Crippen LogP contribution >= 0.6 is 0 Å². The molecule has 0 spiro atoms. The summed E-state index contributed by atoms with van der Waals surface area (Å²) in [5.74, 6) is -2.77. The van der Waals surface area contributed by atoms with Gasteiger partial charge in [0.1, 0.15) is 5.82 Å².